The number of hydrogen-bond donors (Lipinski definition) is 1. The minimum atomic E-state index is -4.66. The average Bonchev–Trinajstić information content (AvgIpc) is 3.39. The van der Waals surface area contributed by atoms with Crippen molar-refractivity contribution in [2.45, 2.75) is 38.4 Å². The molecule has 2 saturated carbocycles. The molecule has 0 unspecified atom stereocenters. The Hall–Kier alpha value is -2.91. The van der Waals surface area contributed by atoms with Gasteiger partial charge in [-0.1, -0.05) is 12.1 Å². The van der Waals surface area contributed by atoms with Crippen molar-refractivity contribution < 1.29 is 37.1 Å². The zero-order valence-electron chi connectivity index (χ0n) is 16.6. The molecule has 1 heterocycles. The fourth-order valence-corrected chi connectivity index (χ4v) is 5.20. The summed E-state index contributed by atoms with van der Waals surface area (Å²) in [6.45, 7) is 0.502. The van der Waals surface area contributed by atoms with E-state index in [0.29, 0.717) is 0 Å². The molecular formula is C21H21F3N2O5. The third-order valence-electron chi connectivity index (χ3n) is 6.54. The molecule has 0 radical (unpaired) electrons. The van der Waals surface area contributed by atoms with Crippen LogP contribution in [0.15, 0.2) is 24.3 Å². The molecule has 3 aliphatic rings. The minimum absolute atomic E-state index is 0.166. The van der Waals surface area contributed by atoms with Crippen LogP contribution in [0.5, 0.6) is 0 Å². The average molecular weight is 438 g/mol. The summed E-state index contributed by atoms with van der Waals surface area (Å²) in [6, 6.07) is 3.21. The Kier molecular flexibility index (Phi) is 5.26. The van der Waals surface area contributed by atoms with Gasteiger partial charge in [0.05, 0.1) is 23.1 Å². The third-order valence-corrected chi connectivity index (χ3v) is 6.54. The number of ether oxygens (including phenoxy) is 1. The van der Waals surface area contributed by atoms with Crippen LogP contribution in [0, 0.1) is 23.7 Å². The van der Waals surface area contributed by atoms with Gasteiger partial charge in [-0.2, -0.15) is 13.2 Å². The second-order valence-corrected chi connectivity index (χ2v) is 8.31. The van der Waals surface area contributed by atoms with Gasteiger partial charge in [0.15, 0.2) is 6.61 Å². The van der Waals surface area contributed by atoms with Crippen molar-refractivity contribution in [3.63, 3.8) is 0 Å². The van der Waals surface area contributed by atoms with Crippen LogP contribution >= 0.6 is 0 Å². The Morgan fingerprint density at radius 3 is 2.29 bits per heavy atom. The largest absolute Gasteiger partial charge is 0.454 e. The van der Waals surface area contributed by atoms with Gasteiger partial charge in [-0.15, -0.1) is 0 Å². The highest BCUT2D eigenvalue weighted by Crippen LogP contribution is 2.56. The summed E-state index contributed by atoms with van der Waals surface area (Å²) in [5, 5.41) is 2.07. The van der Waals surface area contributed by atoms with E-state index in [-0.39, 0.29) is 35.5 Å². The molecule has 0 aromatic heterocycles. The molecule has 3 fully saturated rings. The lowest BCUT2D eigenvalue weighted by molar-refractivity contribution is -0.159. The molecule has 5 atom stereocenters. The van der Waals surface area contributed by atoms with Crippen LogP contribution < -0.4 is 5.32 Å². The maximum absolute atomic E-state index is 13.0. The number of anilines is 1. The predicted octanol–water partition coefficient (Wildman–Crippen LogP) is 2.61. The second kappa shape index (κ2) is 7.65. The number of fused-ring (bicyclic) bond motifs is 5. The van der Waals surface area contributed by atoms with Crippen LogP contribution in [-0.2, 0) is 30.1 Å². The SMILES string of the molecule is C[C@H](C(=O)OCC(=O)Nc1ccccc1C(F)(F)F)N1C(=O)[C@H]2[C@H]3CC[C@@H](C3)[C@@H]2C1=O. The Balaban J connectivity index is 1.36. The number of para-hydroxylation sites is 1. The quantitative estimate of drug-likeness (QED) is 0.564. The Morgan fingerprint density at radius 1 is 1.13 bits per heavy atom. The van der Waals surface area contributed by atoms with Crippen molar-refractivity contribution in [3.8, 4) is 0 Å². The lowest BCUT2D eigenvalue weighted by atomic mass is 9.81. The van der Waals surface area contributed by atoms with E-state index in [0.717, 1.165) is 36.3 Å². The van der Waals surface area contributed by atoms with E-state index in [9.17, 15) is 32.3 Å². The number of hydrogen-bond acceptors (Lipinski definition) is 5. The summed E-state index contributed by atoms with van der Waals surface area (Å²) in [4.78, 5) is 50.8. The molecule has 3 amide bonds. The highest BCUT2D eigenvalue weighted by Gasteiger charge is 2.62. The summed E-state index contributed by atoms with van der Waals surface area (Å²) in [5.74, 6) is -3.13. The number of imide groups is 1. The van der Waals surface area contributed by atoms with Gasteiger partial charge in [-0.25, -0.2) is 4.79 Å². The van der Waals surface area contributed by atoms with Crippen LogP contribution in [0.1, 0.15) is 31.7 Å². The number of nitrogens with zero attached hydrogens (tertiary/aromatic N) is 1. The molecule has 1 N–H and O–H groups in total. The predicted molar refractivity (Wildman–Crippen MR) is 100 cm³/mol. The standard InChI is InChI=1S/C21H21F3N2O5/c1-10(26-18(28)16-11-6-7-12(8-11)17(16)19(26)29)20(30)31-9-15(27)25-14-5-3-2-4-13(14)21(22,23)24/h2-5,10-12,16-17H,6-9H2,1H3,(H,25,27)/t10-,11+,12+,16+,17+/m1/s1. The fourth-order valence-electron chi connectivity index (χ4n) is 5.20. The van der Waals surface area contributed by atoms with Crippen molar-refractivity contribution in [2.75, 3.05) is 11.9 Å². The van der Waals surface area contributed by atoms with Crippen LogP contribution in [-0.4, -0.2) is 41.2 Å². The Bertz CT molecular complexity index is 919. The topological polar surface area (TPSA) is 92.8 Å². The summed E-state index contributed by atoms with van der Waals surface area (Å²) >= 11 is 0. The van der Waals surface area contributed by atoms with Crippen molar-refractivity contribution in [2.24, 2.45) is 23.7 Å². The van der Waals surface area contributed by atoms with Gasteiger partial charge in [0.25, 0.3) is 5.91 Å². The number of benzene rings is 1. The maximum atomic E-state index is 13.0. The van der Waals surface area contributed by atoms with E-state index in [1.807, 2.05) is 0 Å². The Morgan fingerprint density at radius 2 is 1.71 bits per heavy atom. The number of rotatable bonds is 5. The van der Waals surface area contributed by atoms with E-state index < -0.39 is 42.0 Å². The number of carbonyl (C=O) groups is 4. The fraction of sp³-hybridized carbons (Fsp3) is 0.524. The number of likely N-dealkylation sites (tertiary alicyclic amines) is 1. The zero-order valence-corrected chi connectivity index (χ0v) is 16.6. The van der Waals surface area contributed by atoms with Gasteiger partial charge >= 0.3 is 12.1 Å². The number of amides is 3. The molecular weight excluding hydrogens is 417 g/mol. The van der Waals surface area contributed by atoms with Gasteiger partial charge in [-0.05, 0) is 50.2 Å². The summed E-state index contributed by atoms with van der Waals surface area (Å²) in [7, 11) is 0. The van der Waals surface area contributed by atoms with Crippen molar-refractivity contribution >= 4 is 29.4 Å². The first-order valence-electron chi connectivity index (χ1n) is 10.1. The molecule has 1 aromatic carbocycles. The van der Waals surface area contributed by atoms with Crippen LogP contribution in [0.4, 0.5) is 18.9 Å². The van der Waals surface area contributed by atoms with Gasteiger partial charge in [0.1, 0.15) is 6.04 Å². The Labute approximate surface area is 175 Å². The number of esters is 1. The van der Waals surface area contributed by atoms with Gasteiger partial charge in [0, 0.05) is 0 Å². The van der Waals surface area contributed by atoms with Crippen LogP contribution in [0.3, 0.4) is 0 Å². The lowest BCUT2D eigenvalue weighted by Crippen LogP contribution is -2.45. The number of halogens is 3. The molecule has 0 spiro atoms. The highest BCUT2D eigenvalue weighted by atomic mass is 19.4. The second-order valence-electron chi connectivity index (χ2n) is 8.31. The molecule has 2 bridgehead atoms. The summed E-state index contributed by atoms with van der Waals surface area (Å²) in [5.41, 5.74) is -1.49. The van der Waals surface area contributed by atoms with Gasteiger partial charge in [-0.3, -0.25) is 19.3 Å². The molecule has 1 saturated heterocycles. The van der Waals surface area contributed by atoms with E-state index >= 15 is 0 Å². The first kappa shape index (κ1) is 21.3. The third kappa shape index (κ3) is 3.68. The van der Waals surface area contributed by atoms with E-state index in [1.165, 1.54) is 19.1 Å². The summed E-state index contributed by atoms with van der Waals surface area (Å²) < 4.78 is 43.9. The smallest absolute Gasteiger partial charge is 0.418 e. The molecule has 166 valence electrons. The molecule has 7 nitrogen and oxygen atoms in total. The van der Waals surface area contributed by atoms with Crippen LogP contribution in [0.2, 0.25) is 0 Å². The maximum Gasteiger partial charge on any atom is 0.418 e. The number of carbonyl (C=O) groups excluding carboxylic acids is 4. The molecule has 1 aromatic rings. The van der Waals surface area contributed by atoms with Crippen molar-refractivity contribution in [1.82, 2.24) is 4.90 Å². The molecule has 4 rings (SSSR count). The molecule has 2 aliphatic carbocycles. The van der Waals surface area contributed by atoms with Crippen LogP contribution in [0.25, 0.3) is 0 Å². The van der Waals surface area contributed by atoms with E-state index in [4.69, 9.17) is 4.74 Å². The molecule has 31 heavy (non-hydrogen) atoms. The van der Waals surface area contributed by atoms with Crippen molar-refractivity contribution in [3.05, 3.63) is 29.8 Å². The number of alkyl halides is 3. The summed E-state index contributed by atoms with van der Waals surface area (Å²) in [6.07, 6.45) is -2.00. The molecule has 1 aliphatic heterocycles. The minimum Gasteiger partial charge on any atom is -0.454 e. The highest BCUT2D eigenvalue weighted by molar-refractivity contribution is 6.08. The van der Waals surface area contributed by atoms with Gasteiger partial charge in [0.2, 0.25) is 11.8 Å². The van der Waals surface area contributed by atoms with E-state index in [2.05, 4.69) is 5.32 Å². The van der Waals surface area contributed by atoms with E-state index in [1.54, 1.807) is 0 Å². The van der Waals surface area contributed by atoms with Crippen molar-refractivity contribution in [1.29, 1.82) is 0 Å². The first-order chi connectivity index (χ1) is 14.6. The first-order valence-corrected chi connectivity index (χ1v) is 10.1. The zero-order chi connectivity index (χ0) is 22.5. The number of nitrogens with one attached hydrogen (secondary N) is 1. The van der Waals surface area contributed by atoms with Gasteiger partial charge < -0.3 is 10.1 Å². The normalized spacial score (nSPS) is 27.9. The molecule has 10 heteroatoms. The monoisotopic (exact) mass is 438 g/mol. The lowest BCUT2D eigenvalue weighted by Gasteiger charge is -2.23.